The van der Waals surface area contributed by atoms with Crippen LogP contribution in [0.2, 0.25) is 0 Å². The van der Waals surface area contributed by atoms with Gasteiger partial charge in [0.15, 0.2) is 0 Å². The summed E-state index contributed by atoms with van der Waals surface area (Å²) in [5.74, 6) is -1.17. The highest BCUT2D eigenvalue weighted by atomic mass is 32.2. The van der Waals surface area contributed by atoms with Crippen molar-refractivity contribution in [1.82, 2.24) is 9.21 Å². The van der Waals surface area contributed by atoms with Gasteiger partial charge in [0.1, 0.15) is 6.54 Å². The molecule has 1 aliphatic rings. The zero-order chi connectivity index (χ0) is 19.2. The van der Waals surface area contributed by atoms with Crippen molar-refractivity contribution in [3.05, 3.63) is 35.4 Å². The maximum absolute atomic E-state index is 11.8. The number of ether oxygens (including phenoxy) is 1. The summed E-state index contributed by atoms with van der Waals surface area (Å²) in [4.78, 5) is 13.2. The van der Waals surface area contributed by atoms with E-state index in [4.69, 9.17) is 9.84 Å². The molecule has 1 N–H and O–H groups in total. The van der Waals surface area contributed by atoms with Crippen LogP contribution < -0.4 is 0 Å². The smallest absolute Gasteiger partial charge is 0.318 e. The molecule has 0 aromatic heterocycles. The van der Waals surface area contributed by atoms with Gasteiger partial charge in [-0.25, -0.2) is 8.42 Å². The van der Waals surface area contributed by atoms with Gasteiger partial charge in [-0.3, -0.25) is 9.69 Å². The molecule has 0 bridgehead atoms. The molecule has 0 unspecified atom stereocenters. The molecule has 0 saturated carbocycles. The first-order chi connectivity index (χ1) is 12.3. The molecule has 0 aliphatic carbocycles. The largest absolute Gasteiger partial charge is 0.480 e. The van der Waals surface area contributed by atoms with Crippen LogP contribution in [0.25, 0.3) is 0 Å². The lowest BCUT2D eigenvalue weighted by atomic mass is 10.0. The fourth-order valence-corrected chi connectivity index (χ4v) is 3.95. The van der Waals surface area contributed by atoms with Gasteiger partial charge in [-0.15, -0.1) is 0 Å². The highest BCUT2D eigenvalue weighted by molar-refractivity contribution is 7.88. The maximum atomic E-state index is 11.8. The molecule has 1 fully saturated rings. The van der Waals surface area contributed by atoms with Gasteiger partial charge in [-0.1, -0.05) is 24.3 Å². The number of aliphatic carboxylic acids is 1. The van der Waals surface area contributed by atoms with Crippen molar-refractivity contribution >= 4 is 16.0 Å². The molecular weight excluding hydrogens is 356 g/mol. The molecule has 1 atom stereocenters. The average Bonchev–Trinajstić information content (AvgIpc) is 2.55. The minimum atomic E-state index is -3.58. The van der Waals surface area contributed by atoms with Gasteiger partial charge in [0.05, 0.1) is 19.0 Å². The van der Waals surface area contributed by atoms with Crippen LogP contribution in [0.3, 0.4) is 0 Å². The van der Waals surface area contributed by atoms with Gasteiger partial charge in [-0.2, -0.15) is 4.31 Å². The number of carbonyl (C=O) groups is 1. The van der Waals surface area contributed by atoms with E-state index >= 15 is 0 Å². The van der Waals surface area contributed by atoms with Crippen molar-refractivity contribution in [3.8, 4) is 0 Å². The zero-order valence-electron chi connectivity index (χ0n) is 15.4. The quantitative estimate of drug-likeness (QED) is 0.683. The number of morpholine rings is 1. The standard InChI is InChI=1S/C18H28N2O5S/c1-15-6-3-4-7-16(15)8-5-9-19-10-11-25-17(12-19)13-20(14-18(21)22)26(2,23)24/h3-4,6-7,17H,5,8-14H2,1-2H3,(H,21,22)/t17-/m1/s1. The number of hydrogen-bond donors (Lipinski definition) is 1. The number of rotatable bonds is 9. The van der Waals surface area contributed by atoms with Crippen LogP contribution in [-0.4, -0.2) is 80.4 Å². The zero-order valence-corrected chi connectivity index (χ0v) is 16.2. The van der Waals surface area contributed by atoms with Crippen molar-refractivity contribution < 1.29 is 23.1 Å². The molecule has 7 nitrogen and oxygen atoms in total. The first-order valence-corrected chi connectivity index (χ1v) is 10.7. The highest BCUT2D eigenvalue weighted by Gasteiger charge is 2.27. The molecule has 1 aliphatic heterocycles. The third-order valence-corrected chi connectivity index (χ3v) is 5.81. The predicted molar refractivity (Wildman–Crippen MR) is 99.7 cm³/mol. The first kappa shape index (κ1) is 20.8. The minimum Gasteiger partial charge on any atom is -0.480 e. The number of nitrogens with zero attached hydrogens (tertiary/aromatic N) is 2. The molecular formula is C18H28N2O5S. The van der Waals surface area contributed by atoms with E-state index < -0.39 is 22.5 Å². The second kappa shape index (κ2) is 9.45. The highest BCUT2D eigenvalue weighted by Crippen LogP contribution is 2.13. The van der Waals surface area contributed by atoms with Crippen LogP contribution >= 0.6 is 0 Å². The normalized spacial score (nSPS) is 19.0. The molecule has 0 radical (unpaired) electrons. The third kappa shape index (κ3) is 6.68. The van der Waals surface area contributed by atoms with Crippen molar-refractivity contribution in [1.29, 1.82) is 0 Å². The lowest BCUT2D eigenvalue weighted by Crippen LogP contribution is -2.49. The molecule has 0 spiro atoms. The van der Waals surface area contributed by atoms with Crippen LogP contribution in [0.5, 0.6) is 0 Å². The van der Waals surface area contributed by atoms with Crippen molar-refractivity contribution in [2.75, 3.05) is 45.6 Å². The molecule has 1 saturated heterocycles. The Kier molecular flexibility index (Phi) is 7.57. The van der Waals surface area contributed by atoms with Crippen molar-refractivity contribution in [3.63, 3.8) is 0 Å². The van der Waals surface area contributed by atoms with E-state index in [1.54, 1.807) is 0 Å². The third-order valence-electron chi connectivity index (χ3n) is 4.59. The monoisotopic (exact) mass is 384 g/mol. The number of carboxylic acid groups (broad SMARTS) is 1. The molecule has 2 rings (SSSR count). The van der Waals surface area contributed by atoms with Gasteiger partial charge < -0.3 is 9.84 Å². The molecule has 0 amide bonds. The van der Waals surface area contributed by atoms with E-state index in [9.17, 15) is 13.2 Å². The summed E-state index contributed by atoms with van der Waals surface area (Å²) in [7, 11) is -3.58. The van der Waals surface area contributed by atoms with Crippen LogP contribution in [0.1, 0.15) is 17.5 Å². The Morgan fingerprint density at radius 1 is 1.38 bits per heavy atom. The summed E-state index contributed by atoms with van der Waals surface area (Å²) in [6, 6.07) is 8.35. The summed E-state index contributed by atoms with van der Waals surface area (Å²) < 4.78 is 30.2. The lowest BCUT2D eigenvalue weighted by molar-refractivity contribution is -0.137. The van der Waals surface area contributed by atoms with Crippen LogP contribution in [-0.2, 0) is 26.0 Å². The van der Waals surface area contributed by atoms with Gasteiger partial charge in [-0.05, 0) is 37.4 Å². The number of aryl methyl sites for hydroxylation is 2. The lowest BCUT2D eigenvalue weighted by Gasteiger charge is -2.34. The predicted octanol–water partition coefficient (Wildman–Crippen LogP) is 0.975. The summed E-state index contributed by atoms with van der Waals surface area (Å²) in [5, 5.41) is 8.92. The van der Waals surface area contributed by atoms with E-state index in [1.807, 2.05) is 6.07 Å². The molecule has 26 heavy (non-hydrogen) atoms. The molecule has 1 heterocycles. The Hall–Kier alpha value is -1.48. The minimum absolute atomic E-state index is 0.0689. The second-order valence-corrected chi connectivity index (χ2v) is 8.76. The van der Waals surface area contributed by atoms with Gasteiger partial charge in [0.25, 0.3) is 0 Å². The van der Waals surface area contributed by atoms with Crippen molar-refractivity contribution in [2.45, 2.75) is 25.9 Å². The van der Waals surface area contributed by atoms with Gasteiger partial charge in [0, 0.05) is 19.6 Å². The van der Waals surface area contributed by atoms with E-state index in [0.717, 1.165) is 36.5 Å². The Balaban J connectivity index is 1.84. The van der Waals surface area contributed by atoms with Crippen LogP contribution in [0.15, 0.2) is 24.3 Å². The summed E-state index contributed by atoms with van der Waals surface area (Å²) in [6.45, 7) is 4.50. The van der Waals surface area contributed by atoms with E-state index in [-0.39, 0.29) is 12.6 Å². The van der Waals surface area contributed by atoms with Crippen LogP contribution in [0.4, 0.5) is 0 Å². The summed E-state index contributed by atoms with van der Waals surface area (Å²) >= 11 is 0. The summed E-state index contributed by atoms with van der Waals surface area (Å²) in [6.07, 6.45) is 2.74. The number of sulfonamides is 1. The SMILES string of the molecule is Cc1ccccc1CCCN1CCO[C@@H](CN(CC(=O)O)S(C)(=O)=O)C1. The fourth-order valence-electron chi connectivity index (χ4n) is 3.17. The van der Waals surface area contributed by atoms with E-state index in [2.05, 4.69) is 30.0 Å². The van der Waals surface area contributed by atoms with E-state index in [0.29, 0.717) is 13.2 Å². The first-order valence-electron chi connectivity index (χ1n) is 8.81. The number of carboxylic acids is 1. The van der Waals surface area contributed by atoms with Gasteiger partial charge >= 0.3 is 5.97 Å². The Morgan fingerprint density at radius 3 is 2.77 bits per heavy atom. The molecule has 8 heteroatoms. The summed E-state index contributed by atoms with van der Waals surface area (Å²) in [5.41, 5.74) is 2.65. The fraction of sp³-hybridized carbons (Fsp3) is 0.611. The van der Waals surface area contributed by atoms with E-state index in [1.165, 1.54) is 11.1 Å². The Labute approximate surface area is 155 Å². The van der Waals surface area contributed by atoms with Crippen molar-refractivity contribution in [2.24, 2.45) is 0 Å². The number of hydrogen-bond acceptors (Lipinski definition) is 5. The van der Waals surface area contributed by atoms with Gasteiger partial charge in [0.2, 0.25) is 10.0 Å². The Morgan fingerprint density at radius 2 is 2.12 bits per heavy atom. The average molecular weight is 384 g/mol. The molecule has 146 valence electrons. The molecule has 1 aromatic carbocycles. The maximum Gasteiger partial charge on any atom is 0.318 e. The number of benzene rings is 1. The molecule has 1 aromatic rings. The Bertz CT molecular complexity index is 707. The second-order valence-electron chi connectivity index (χ2n) is 6.77. The van der Waals surface area contributed by atoms with Crippen LogP contribution in [0, 0.1) is 6.92 Å². The topological polar surface area (TPSA) is 87.2 Å².